The third kappa shape index (κ3) is 8.65. The second-order valence-corrected chi connectivity index (χ2v) is 9.85. The van der Waals surface area contributed by atoms with Crippen LogP contribution >= 0.6 is 0 Å². The van der Waals surface area contributed by atoms with E-state index in [1.165, 1.54) is 6.92 Å². The number of nitrogens with two attached hydrogens (primary N) is 2. The molecule has 9 N–H and O–H groups in total. The molecule has 0 saturated carbocycles. The number of carboxylic acids is 1. The summed E-state index contributed by atoms with van der Waals surface area (Å²) in [5, 5.41) is 18.6. The Morgan fingerprint density at radius 1 is 0.825 bits per heavy atom. The van der Waals surface area contributed by atoms with E-state index in [4.69, 9.17) is 11.5 Å². The Morgan fingerprint density at radius 3 is 2.08 bits per heavy atom. The molecule has 0 radical (unpaired) electrons. The Morgan fingerprint density at radius 2 is 1.43 bits per heavy atom. The SMILES string of the molecule is CC(N)C(=O)NC(Cc1ccccc1)C(=O)NC(Cc1c[nH]c2ccccc12)C(=O)NC(CCCCN)C(=O)O. The van der Waals surface area contributed by atoms with Gasteiger partial charge in [0.1, 0.15) is 18.1 Å². The lowest BCUT2D eigenvalue weighted by Gasteiger charge is -2.25. The van der Waals surface area contributed by atoms with Crippen LogP contribution in [0.3, 0.4) is 0 Å². The molecular weight excluding hydrogens is 512 g/mol. The second kappa shape index (κ2) is 14.8. The zero-order valence-corrected chi connectivity index (χ0v) is 22.6. The number of carboxylic acid groups (broad SMARTS) is 1. The van der Waals surface area contributed by atoms with Gasteiger partial charge in [-0.3, -0.25) is 14.4 Å². The second-order valence-electron chi connectivity index (χ2n) is 9.85. The largest absolute Gasteiger partial charge is 0.480 e. The molecule has 3 amide bonds. The number of hydrogen-bond donors (Lipinski definition) is 7. The van der Waals surface area contributed by atoms with Crippen molar-refractivity contribution in [1.29, 1.82) is 0 Å². The third-order valence-electron chi connectivity index (χ3n) is 6.62. The molecule has 0 saturated heterocycles. The number of carbonyl (C=O) groups excluding carboxylic acids is 3. The summed E-state index contributed by atoms with van der Waals surface area (Å²) in [7, 11) is 0. The molecule has 4 unspecified atom stereocenters. The van der Waals surface area contributed by atoms with E-state index in [0.717, 1.165) is 22.0 Å². The lowest BCUT2D eigenvalue weighted by molar-refractivity contribution is -0.142. The first kappa shape index (κ1) is 30.3. The molecule has 0 aliphatic rings. The third-order valence-corrected chi connectivity index (χ3v) is 6.62. The first-order chi connectivity index (χ1) is 19.2. The van der Waals surface area contributed by atoms with Crippen LogP contribution < -0.4 is 27.4 Å². The molecular formula is C29H38N6O5. The number of benzene rings is 2. The van der Waals surface area contributed by atoms with Gasteiger partial charge in [-0.25, -0.2) is 4.79 Å². The van der Waals surface area contributed by atoms with Crippen molar-refractivity contribution < 1.29 is 24.3 Å². The number of aromatic nitrogens is 1. The molecule has 0 fully saturated rings. The number of para-hydroxylation sites is 1. The predicted molar refractivity (Wildman–Crippen MR) is 152 cm³/mol. The molecule has 214 valence electrons. The van der Waals surface area contributed by atoms with E-state index in [-0.39, 0.29) is 19.3 Å². The van der Waals surface area contributed by atoms with Crippen LogP contribution in [0.25, 0.3) is 10.9 Å². The highest BCUT2D eigenvalue weighted by Crippen LogP contribution is 2.19. The summed E-state index contributed by atoms with van der Waals surface area (Å²) in [5.74, 6) is -2.92. The number of rotatable bonds is 15. The average Bonchev–Trinajstić information content (AvgIpc) is 3.34. The molecule has 0 aliphatic heterocycles. The van der Waals surface area contributed by atoms with E-state index in [0.29, 0.717) is 19.4 Å². The Balaban J connectivity index is 1.87. The number of aromatic amines is 1. The number of amides is 3. The van der Waals surface area contributed by atoms with Gasteiger partial charge in [0.15, 0.2) is 0 Å². The summed E-state index contributed by atoms with van der Waals surface area (Å²) in [6.07, 6.45) is 3.37. The van der Waals surface area contributed by atoms with E-state index in [1.54, 1.807) is 6.20 Å². The molecule has 3 rings (SSSR count). The highest BCUT2D eigenvalue weighted by molar-refractivity contribution is 5.95. The van der Waals surface area contributed by atoms with Crippen LogP contribution in [0.2, 0.25) is 0 Å². The first-order valence-corrected chi connectivity index (χ1v) is 13.4. The van der Waals surface area contributed by atoms with Crippen molar-refractivity contribution in [2.75, 3.05) is 6.54 Å². The van der Waals surface area contributed by atoms with Gasteiger partial charge in [-0.05, 0) is 49.9 Å². The number of fused-ring (bicyclic) bond motifs is 1. The van der Waals surface area contributed by atoms with Gasteiger partial charge < -0.3 is 37.5 Å². The standard InChI is InChI=1S/C29H38N6O5/c1-18(31)26(36)34-24(15-19-9-3-2-4-10-19)27(37)35-25(16-20-17-32-22-12-6-5-11-21(20)22)28(38)33-23(29(39)40)13-7-8-14-30/h2-6,9-12,17-18,23-25,32H,7-8,13-16,30-31H2,1H3,(H,33,38)(H,34,36)(H,35,37)(H,39,40). The van der Waals surface area contributed by atoms with Gasteiger partial charge in [0.05, 0.1) is 6.04 Å². The number of hydrogen-bond acceptors (Lipinski definition) is 6. The summed E-state index contributed by atoms with van der Waals surface area (Å²) in [6.45, 7) is 1.92. The van der Waals surface area contributed by atoms with Gasteiger partial charge in [-0.15, -0.1) is 0 Å². The maximum absolute atomic E-state index is 13.6. The molecule has 0 bridgehead atoms. The van der Waals surface area contributed by atoms with Crippen molar-refractivity contribution in [2.24, 2.45) is 11.5 Å². The Hall–Kier alpha value is -4.22. The van der Waals surface area contributed by atoms with Gasteiger partial charge in [-0.2, -0.15) is 0 Å². The zero-order chi connectivity index (χ0) is 29.1. The molecule has 11 nitrogen and oxygen atoms in total. The molecule has 3 aromatic rings. The Kier molecular flexibility index (Phi) is 11.2. The average molecular weight is 551 g/mol. The minimum atomic E-state index is -1.17. The van der Waals surface area contributed by atoms with Crippen molar-refractivity contribution in [2.45, 2.75) is 63.2 Å². The summed E-state index contributed by atoms with van der Waals surface area (Å²) in [4.78, 5) is 54.5. The maximum Gasteiger partial charge on any atom is 0.326 e. The Bertz CT molecular complexity index is 1290. The van der Waals surface area contributed by atoms with Crippen LogP contribution in [0, 0.1) is 0 Å². The topological polar surface area (TPSA) is 192 Å². The lowest BCUT2D eigenvalue weighted by Crippen LogP contribution is -2.58. The fourth-order valence-electron chi connectivity index (χ4n) is 4.39. The van der Waals surface area contributed by atoms with Crippen molar-refractivity contribution >= 4 is 34.6 Å². The number of nitrogens with one attached hydrogen (secondary N) is 4. The number of carbonyl (C=O) groups is 4. The van der Waals surface area contributed by atoms with Crippen LogP contribution in [0.5, 0.6) is 0 Å². The zero-order valence-electron chi connectivity index (χ0n) is 22.6. The van der Waals surface area contributed by atoms with Crippen LogP contribution in [0.15, 0.2) is 60.8 Å². The van der Waals surface area contributed by atoms with Gasteiger partial charge >= 0.3 is 5.97 Å². The first-order valence-electron chi connectivity index (χ1n) is 13.4. The van der Waals surface area contributed by atoms with Crippen molar-refractivity contribution in [1.82, 2.24) is 20.9 Å². The quantitative estimate of drug-likeness (QED) is 0.137. The van der Waals surface area contributed by atoms with Gasteiger partial charge in [0, 0.05) is 29.9 Å². The summed E-state index contributed by atoms with van der Waals surface area (Å²) in [5.41, 5.74) is 13.7. The smallest absolute Gasteiger partial charge is 0.326 e. The lowest BCUT2D eigenvalue weighted by atomic mass is 10.0. The van der Waals surface area contributed by atoms with Crippen molar-refractivity contribution in [3.05, 3.63) is 71.9 Å². The van der Waals surface area contributed by atoms with Crippen molar-refractivity contribution in [3.8, 4) is 0 Å². The molecule has 2 aromatic carbocycles. The van der Waals surface area contributed by atoms with Crippen LogP contribution in [-0.2, 0) is 32.0 Å². The molecule has 40 heavy (non-hydrogen) atoms. The summed E-state index contributed by atoms with van der Waals surface area (Å²) >= 11 is 0. The van der Waals surface area contributed by atoms with E-state index < -0.39 is 47.9 Å². The maximum atomic E-state index is 13.6. The van der Waals surface area contributed by atoms with Crippen LogP contribution in [0.1, 0.15) is 37.3 Å². The van der Waals surface area contributed by atoms with E-state index in [1.807, 2.05) is 54.6 Å². The molecule has 0 aliphatic carbocycles. The molecule has 1 aromatic heterocycles. The molecule has 1 heterocycles. The Labute approximate surface area is 233 Å². The van der Waals surface area contributed by atoms with E-state index in [9.17, 15) is 24.3 Å². The fraction of sp³-hybridized carbons (Fsp3) is 0.379. The van der Waals surface area contributed by atoms with Gasteiger partial charge in [-0.1, -0.05) is 48.5 Å². The predicted octanol–water partition coefficient (Wildman–Crippen LogP) is 0.968. The van der Waals surface area contributed by atoms with Crippen LogP contribution in [0.4, 0.5) is 0 Å². The molecule has 0 spiro atoms. The highest BCUT2D eigenvalue weighted by Gasteiger charge is 2.30. The van der Waals surface area contributed by atoms with Gasteiger partial charge in [0.2, 0.25) is 17.7 Å². The van der Waals surface area contributed by atoms with E-state index >= 15 is 0 Å². The molecule has 11 heteroatoms. The minimum absolute atomic E-state index is 0.0933. The number of unbranched alkanes of at least 4 members (excludes halogenated alkanes) is 1. The van der Waals surface area contributed by atoms with Crippen LogP contribution in [-0.4, -0.2) is 64.5 Å². The number of aliphatic carboxylic acids is 1. The molecule has 4 atom stereocenters. The summed E-state index contributed by atoms with van der Waals surface area (Å²) < 4.78 is 0. The number of H-pyrrole nitrogens is 1. The normalized spacial score (nSPS) is 14.1. The summed E-state index contributed by atoms with van der Waals surface area (Å²) in [6, 6.07) is 12.5. The fourth-order valence-corrected chi connectivity index (χ4v) is 4.39. The van der Waals surface area contributed by atoms with Crippen molar-refractivity contribution in [3.63, 3.8) is 0 Å². The monoisotopic (exact) mass is 550 g/mol. The van der Waals surface area contributed by atoms with Gasteiger partial charge in [0.25, 0.3) is 0 Å². The highest BCUT2D eigenvalue weighted by atomic mass is 16.4. The van der Waals surface area contributed by atoms with E-state index in [2.05, 4.69) is 20.9 Å². The minimum Gasteiger partial charge on any atom is -0.480 e.